The third kappa shape index (κ3) is 4.57. The van der Waals surface area contributed by atoms with Crippen molar-refractivity contribution in [2.24, 2.45) is 16.5 Å². The molecule has 5 heteroatoms. The van der Waals surface area contributed by atoms with Gasteiger partial charge in [0.15, 0.2) is 5.96 Å². The fourth-order valence-corrected chi connectivity index (χ4v) is 2.35. The highest BCUT2D eigenvalue weighted by molar-refractivity contribution is 5.95. The van der Waals surface area contributed by atoms with Crippen molar-refractivity contribution in [3.8, 4) is 5.75 Å². The van der Waals surface area contributed by atoms with E-state index in [4.69, 9.17) is 16.2 Å². The number of carbonyl (C=O) groups excluding carboxylic acids is 1. The molecule has 0 aliphatic carbocycles. The molecule has 2 aromatic carbocycles. The number of rotatable bonds is 5. The van der Waals surface area contributed by atoms with Crippen molar-refractivity contribution >= 4 is 11.9 Å². The Bertz CT molecular complexity index is 687. The molecule has 0 bridgehead atoms. The predicted octanol–water partition coefficient (Wildman–Crippen LogP) is 2.13. The van der Waals surface area contributed by atoms with Crippen molar-refractivity contribution in [2.75, 3.05) is 7.11 Å². The molecule has 0 aromatic heterocycles. The van der Waals surface area contributed by atoms with Gasteiger partial charge in [0.2, 0.25) is 0 Å². The second-order valence-corrected chi connectivity index (χ2v) is 5.39. The van der Waals surface area contributed by atoms with Crippen LogP contribution >= 0.6 is 0 Å². The van der Waals surface area contributed by atoms with Gasteiger partial charge in [-0.25, -0.2) is 0 Å². The fourth-order valence-electron chi connectivity index (χ4n) is 2.35. The summed E-state index contributed by atoms with van der Waals surface area (Å²) in [5.74, 6) is -0.281. The molecule has 0 fully saturated rings. The van der Waals surface area contributed by atoms with E-state index in [-0.39, 0.29) is 11.9 Å². The van der Waals surface area contributed by atoms with E-state index in [0.717, 1.165) is 16.9 Å². The van der Waals surface area contributed by atoms with Crippen LogP contribution in [0.25, 0.3) is 0 Å². The summed E-state index contributed by atoms with van der Waals surface area (Å²) >= 11 is 0. The Morgan fingerprint density at radius 3 is 2.22 bits per heavy atom. The van der Waals surface area contributed by atoms with Crippen LogP contribution in [0.15, 0.2) is 53.5 Å². The molecular formula is C18H21N3O2. The molecule has 0 unspecified atom stereocenters. The Hall–Kier alpha value is -2.82. The summed E-state index contributed by atoms with van der Waals surface area (Å²) in [6.45, 7) is 2.02. The van der Waals surface area contributed by atoms with Crippen molar-refractivity contribution in [3.05, 3.63) is 65.2 Å². The van der Waals surface area contributed by atoms with E-state index < -0.39 is 5.92 Å². The number of benzene rings is 2. The molecule has 2 aromatic rings. The molecule has 1 amide bonds. The number of nitrogens with two attached hydrogens (primary N) is 2. The van der Waals surface area contributed by atoms with Crippen LogP contribution in [-0.4, -0.2) is 19.0 Å². The Balaban J connectivity index is 2.32. The zero-order valence-electron chi connectivity index (χ0n) is 13.3. The van der Waals surface area contributed by atoms with Gasteiger partial charge in [0.05, 0.1) is 13.0 Å². The number of guanidine groups is 1. The number of nitrogens with zero attached hydrogens (tertiary/aromatic N) is 1. The summed E-state index contributed by atoms with van der Waals surface area (Å²) < 4.78 is 5.15. The quantitative estimate of drug-likeness (QED) is 0.653. The van der Waals surface area contributed by atoms with Gasteiger partial charge in [-0.1, -0.05) is 42.0 Å². The molecule has 0 radical (unpaired) electrons. The summed E-state index contributed by atoms with van der Waals surface area (Å²) in [6, 6.07) is 15.4. The minimum atomic E-state index is -0.439. The van der Waals surface area contributed by atoms with E-state index in [1.54, 1.807) is 7.11 Å². The minimum Gasteiger partial charge on any atom is -0.497 e. The molecule has 2 rings (SSSR count). The van der Waals surface area contributed by atoms with Crippen LogP contribution in [-0.2, 0) is 11.2 Å². The van der Waals surface area contributed by atoms with Crippen LogP contribution < -0.4 is 16.2 Å². The molecule has 4 N–H and O–H groups in total. The lowest BCUT2D eigenvalue weighted by molar-refractivity contribution is -0.119. The summed E-state index contributed by atoms with van der Waals surface area (Å²) in [7, 11) is 1.60. The lowest BCUT2D eigenvalue weighted by Gasteiger charge is -2.15. The van der Waals surface area contributed by atoms with Gasteiger partial charge < -0.3 is 16.2 Å². The van der Waals surface area contributed by atoms with E-state index in [1.165, 1.54) is 5.56 Å². The summed E-state index contributed by atoms with van der Waals surface area (Å²) in [5, 5.41) is 0. The lowest BCUT2D eigenvalue weighted by atomic mass is 9.91. The number of aliphatic imine (C=N–C) groups is 1. The third-order valence-corrected chi connectivity index (χ3v) is 3.62. The Morgan fingerprint density at radius 1 is 1.09 bits per heavy atom. The SMILES string of the molecule is COc1ccc([C@H](Cc2ccc(C)cc2)C(=O)N=C(N)N)cc1. The topological polar surface area (TPSA) is 90.7 Å². The van der Waals surface area contributed by atoms with E-state index >= 15 is 0 Å². The standard InChI is InChI=1S/C18H21N3O2/c1-12-3-5-13(6-4-12)11-16(17(22)21-18(19)20)14-7-9-15(23-2)10-8-14/h3-10,16H,11H2,1-2H3,(H4,19,20,21,22)/t16-/m0/s1. The van der Waals surface area contributed by atoms with E-state index in [1.807, 2.05) is 55.5 Å². The van der Waals surface area contributed by atoms with Crippen LogP contribution in [0.3, 0.4) is 0 Å². The Labute approximate surface area is 136 Å². The van der Waals surface area contributed by atoms with Crippen LogP contribution in [0.2, 0.25) is 0 Å². The van der Waals surface area contributed by atoms with Gasteiger partial charge in [-0.2, -0.15) is 4.99 Å². The maximum atomic E-state index is 12.4. The molecule has 0 heterocycles. The van der Waals surface area contributed by atoms with Crippen LogP contribution in [0.5, 0.6) is 5.75 Å². The molecule has 0 saturated heterocycles. The molecule has 0 saturated carbocycles. The largest absolute Gasteiger partial charge is 0.497 e. The molecule has 5 nitrogen and oxygen atoms in total. The molecule has 23 heavy (non-hydrogen) atoms. The maximum absolute atomic E-state index is 12.4. The number of hydrogen-bond donors (Lipinski definition) is 2. The van der Waals surface area contributed by atoms with Gasteiger partial charge in [0.25, 0.3) is 5.91 Å². The number of aryl methyl sites for hydroxylation is 1. The normalized spacial score (nSPS) is 11.6. The Morgan fingerprint density at radius 2 is 1.70 bits per heavy atom. The van der Waals surface area contributed by atoms with Crippen molar-refractivity contribution in [1.29, 1.82) is 0 Å². The minimum absolute atomic E-state index is 0.225. The van der Waals surface area contributed by atoms with Gasteiger partial charge in [-0.05, 0) is 36.6 Å². The smallest absolute Gasteiger partial charge is 0.256 e. The zero-order valence-corrected chi connectivity index (χ0v) is 13.3. The summed E-state index contributed by atoms with van der Waals surface area (Å²) in [6.07, 6.45) is 0.530. The number of methoxy groups -OCH3 is 1. The van der Waals surface area contributed by atoms with E-state index in [9.17, 15) is 4.79 Å². The first-order valence-electron chi connectivity index (χ1n) is 7.32. The van der Waals surface area contributed by atoms with Crippen LogP contribution in [0.1, 0.15) is 22.6 Å². The fraction of sp³-hybridized carbons (Fsp3) is 0.222. The summed E-state index contributed by atoms with van der Waals surface area (Å²) in [4.78, 5) is 16.1. The number of ether oxygens (including phenoxy) is 1. The first-order valence-corrected chi connectivity index (χ1v) is 7.32. The number of hydrogen-bond acceptors (Lipinski definition) is 2. The lowest BCUT2D eigenvalue weighted by Crippen LogP contribution is -2.26. The molecular weight excluding hydrogens is 290 g/mol. The monoisotopic (exact) mass is 311 g/mol. The highest BCUT2D eigenvalue weighted by Crippen LogP contribution is 2.25. The zero-order chi connectivity index (χ0) is 16.8. The summed E-state index contributed by atoms with van der Waals surface area (Å²) in [5.41, 5.74) is 13.8. The van der Waals surface area contributed by atoms with Crippen molar-refractivity contribution in [3.63, 3.8) is 0 Å². The average Bonchev–Trinajstić information content (AvgIpc) is 2.54. The predicted molar refractivity (Wildman–Crippen MR) is 91.4 cm³/mol. The number of amides is 1. The van der Waals surface area contributed by atoms with E-state index in [2.05, 4.69) is 4.99 Å². The second kappa shape index (κ2) is 7.45. The highest BCUT2D eigenvalue weighted by atomic mass is 16.5. The van der Waals surface area contributed by atoms with E-state index in [0.29, 0.717) is 6.42 Å². The van der Waals surface area contributed by atoms with Crippen molar-refractivity contribution in [2.45, 2.75) is 19.3 Å². The highest BCUT2D eigenvalue weighted by Gasteiger charge is 2.21. The van der Waals surface area contributed by atoms with Gasteiger partial charge in [-0.15, -0.1) is 0 Å². The molecule has 0 aliphatic heterocycles. The third-order valence-electron chi connectivity index (χ3n) is 3.62. The molecule has 120 valence electrons. The van der Waals surface area contributed by atoms with Crippen LogP contribution in [0.4, 0.5) is 0 Å². The van der Waals surface area contributed by atoms with Gasteiger partial charge >= 0.3 is 0 Å². The molecule has 0 spiro atoms. The average molecular weight is 311 g/mol. The maximum Gasteiger partial charge on any atom is 0.256 e. The first-order chi connectivity index (χ1) is 11.0. The number of carbonyl (C=O) groups is 1. The van der Waals surface area contributed by atoms with Crippen molar-refractivity contribution in [1.82, 2.24) is 0 Å². The molecule has 0 aliphatic rings. The second-order valence-electron chi connectivity index (χ2n) is 5.39. The first kappa shape index (κ1) is 16.5. The van der Waals surface area contributed by atoms with Crippen molar-refractivity contribution < 1.29 is 9.53 Å². The van der Waals surface area contributed by atoms with Gasteiger partial charge in [0.1, 0.15) is 5.75 Å². The molecule has 1 atom stereocenters. The van der Waals surface area contributed by atoms with Crippen LogP contribution in [0, 0.1) is 6.92 Å². The van der Waals surface area contributed by atoms with Gasteiger partial charge in [0, 0.05) is 0 Å². The van der Waals surface area contributed by atoms with Gasteiger partial charge in [-0.3, -0.25) is 4.79 Å². The Kier molecular flexibility index (Phi) is 5.36.